The van der Waals surface area contributed by atoms with Gasteiger partial charge in [0.1, 0.15) is 17.7 Å². The van der Waals surface area contributed by atoms with E-state index in [1.165, 1.54) is 24.8 Å². The Hall–Kier alpha value is -2.49. The lowest BCUT2D eigenvalue weighted by Crippen LogP contribution is -2.29. The van der Waals surface area contributed by atoms with Crippen LogP contribution in [0.25, 0.3) is 10.2 Å². The lowest BCUT2D eigenvalue weighted by atomic mass is 9.80. The number of carbonyl (C=O) groups is 1. The summed E-state index contributed by atoms with van der Waals surface area (Å²) in [5, 5.41) is 23.1. The highest BCUT2D eigenvalue weighted by atomic mass is 32.1. The number of aromatic nitrogens is 2. The molecule has 2 aromatic heterocycles. The standard InChI is InChI=1S/C15H14BN3O4S/c1-23-15(20)11-7-24-13-12(11)18-8-19-14(13)17-6-9-2-4-10(5-3-9)16(21)22/h2-5,7-8,21-22H,6H2,1H3,(H,17,18,19). The molecule has 3 aromatic rings. The Morgan fingerprint density at radius 1 is 1.29 bits per heavy atom. The van der Waals surface area contributed by atoms with Crippen LogP contribution in [0.1, 0.15) is 15.9 Å². The first-order valence-electron chi connectivity index (χ1n) is 7.09. The summed E-state index contributed by atoms with van der Waals surface area (Å²) in [6.07, 6.45) is 1.40. The summed E-state index contributed by atoms with van der Waals surface area (Å²) in [7, 11) is -0.143. The topological polar surface area (TPSA) is 105 Å². The minimum Gasteiger partial charge on any atom is -0.465 e. The third-order valence-electron chi connectivity index (χ3n) is 3.50. The van der Waals surface area contributed by atoms with Crippen molar-refractivity contribution in [2.24, 2.45) is 0 Å². The van der Waals surface area contributed by atoms with Gasteiger partial charge < -0.3 is 20.1 Å². The van der Waals surface area contributed by atoms with E-state index >= 15 is 0 Å². The molecule has 3 N–H and O–H groups in total. The number of methoxy groups -OCH3 is 1. The number of thiophene rings is 1. The number of carbonyl (C=O) groups excluding carboxylic acids is 1. The number of ether oxygens (including phenoxy) is 1. The molecule has 1 aromatic carbocycles. The maximum Gasteiger partial charge on any atom is 0.488 e. The number of anilines is 1. The highest BCUT2D eigenvalue weighted by molar-refractivity contribution is 7.18. The lowest BCUT2D eigenvalue weighted by Gasteiger charge is -2.07. The SMILES string of the molecule is COC(=O)c1csc2c(NCc3ccc(B(O)O)cc3)ncnc12. The van der Waals surface area contributed by atoms with Crippen LogP contribution in [0.2, 0.25) is 0 Å². The van der Waals surface area contributed by atoms with Crippen molar-refractivity contribution in [3.05, 3.63) is 47.1 Å². The summed E-state index contributed by atoms with van der Waals surface area (Å²) >= 11 is 1.37. The Morgan fingerprint density at radius 3 is 2.71 bits per heavy atom. The van der Waals surface area contributed by atoms with E-state index in [9.17, 15) is 4.79 Å². The average molecular weight is 343 g/mol. The summed E-state index contributed by atoms with van der Waals surface area (Å²) in [6, 6.07) is 6.90. The summed E-state index contributed by atoms with van der Waals surface area (Å²) in [4.78, 5) is 20.1. The minimum atomic E-state index is -1.48. The van der Waals surface area contributed by atoms with Gasteiger partial charge in [0.05, 0.1) is 17.4 Å². The Labute approximate surface area is 142 Å². The molecule has 0 unspecified atom stereocenters. The predicted octanol–water partition coefficient (Wildman–Crippen LogP) is 0.770. The number of benzene rings is 1. The van der Waals surface area contributed by atoms with Crippen molar-refractivity contribution in [2.75, 3.05) is 12.4 Å². The van der Waals surface area contributed by atoms with E-state index in [0.717, 1.165) is 10.3 Å². The minimum absolute atomic E-state index is 0.421. The molecule has 0 aliphatic carbocycles. The van der Waals surface area contributed by atoms with Gasteiger partial charge in [0.15, 0.2) is 0 Å². The maximum absolute atomic E-state index is 11.7. The monoisotopic (exact) mass is 343 g/mol. The van der Waals surface area contributed by atoms with Crippen LogP contribution in [0, 0.1) is 0 Å². The summed E-state index contributed by atoms with van der Waals surface area (Å²) in [5.41, 5.74) is 2.37. The smallest absolute Gasteiger partial charge is 0.465 e. The molecule has 0 saturated carbocycles. The van der Waals surface area contributed by atoms with Crippen molar-refractivity contribution in [3.63, 3.8) is 0 Å². The van der Waals surface area contributed by atoms with Crippen molar-refractivity contribution in [1.29, 1.82) is 0 Å². The van der Waals surface area contributed by atoms with Crippen molar-refractivity contribution in [2.45, 2.75) is 6.54 Å². The quantitative estimate of drug-likeness (QED) is 0.464. The second-order valence-electron chi connectivity index (χ2n) is 5.01. The van der Waals surface area contributed by atoms with Crippen LogP contribution in [0.3, 0.4) is 0 Å². The van der Waals surface area contributed by atoms with Gasteiger partial charge in [-0.25, -0.2) is 14.8 Å². The first-order valence-corrected chi connectivity index (χ1v) is 7.97. The van der Waals surface area contributed by atoms with Crippen LogP contribution >= 0.6 is 11.3 Å². The van der Waals surface area contributed by atoms with E-state index in [1.54, 1.807) is 29.6 Å². The third kappa shape index (κ3) is 3.23. The van der Waals surface area contributed by atoms with Crippen molar-refractivity contribution in [3.8, 4) is 0 Å². The van der Waals surface area contributed by atoms with Crippen molar-refractivity contribution in [1.82, 2.24) is 9.97 Å². The number of hydrogen-bond donors (Lipinski definition) is 3. The maximum atomic E-state index is 11.7. The number of rotatable bonds is 5. The Bertz CT molecular complexity index is 867. The molecule has 3 rings (SSSR count). The van der Waals surface area contributed by atoms with Crippen LogP contribution in [0.5, 0.6) is 0 Å². The summed E-state index contributed by atoms with van der Waals surface area (Å²) < 4.78 is 5.53. The molecule has 0 atom stereocenters. The zero-order chi connectivity index (χ0) is 17.1. The molecular weight excluding hydrogens is 329 g/mol. The Morgan fingerprint density at radius 2 is 2.04 bits per heavy atom. The number of esters is 1. The molecule has 0 bridgehead atoms. The molecular formula is C15H14BN3O4S. The van der Waals surface area contributed by atoms with E-state index in [0.29, 0.717) is 28.9 Å². The zero-order valence-electron chi connectivity index (χ0n) is 12.8. The number of nitrogens with one attached hydrogen (secondary N) is 1. The van der Waals surface area contributed by atoms with Gasteiger partial charge in [0.25, 0.3) is 0 Å². The fourth-order valence-electron chi connectivity index (χ4n) is 2.22. The van der Waals surface area contributed by atoms with Crippen LogP contribution in [0.15, 0.2) is 36.0 Å². The first-order chi connectivity index (χ1) is 11.6. The Balaban J connectivity index is 1.80. The molecule has 0 saturated heterocycles. The van der Waals surface area contributed by atoms with E-state index in [-0.39, 0.29) is 0 Å². The highest BCUT2D eigenvalue weighted by Crippen LogP contribution is 2.29. The molecule has 2 heterocycles. The van der Waals surface area contributed by atoms with E-state index < -0.39 is 13.1 Å². The van der Waals surface area contributed by atoms with Crippen molar-refractivity contribution >= 4 is 45.9 Å². The largest absolute Gasteiger partial charge is 0.488 e. The molecule has 0 fully saturated rings. The zero-order valence-corrected chi connectivity index (χ0v) is 13.6. The molecule has 122 valence electrons. The van der Waals surface area contributed by atoms with Gasteiger partial charge in [0, 0.05) is 11.9 Å². The number of nitrogens with zero attached hydrogens (tertiary/aromatic N) is 2. The van der Waals surface area contributed by atoms with E-state index in [1.807, 2.05) is 0 Å². The molecule has 0 radical (unpaired) electrons. The molecule has 24 heavy (non-hydrogen) atoms. The van der Waals surface area contributed by atoms with Crippen LogP contribution < -0.4 is 10.8 Å². The number of hydrogen-bond acceptors (Lipinski definition) is 8. The van der Waals surface area contributed by atoms with Crippen LogP contribution in [0.4, 0.5) is 5.82 Å². The second kappa shape index (κ2) is 6.96. The normalized spacial score (nSPS) is 10.6. The molecule has 0 aliphatic heterocycles. The van der Waals surface area contributed by atoms with Gasteiger partial charge in [-0.2, -0.15) is 0 Å². The molecule has 9 heteroatoms. The van der Waals surface area contributed by atoms with Crippen LogP contribution in [-0.2, 0) is 11.3 Å². The first kappa shape index (κ1) is 16.4. The highest BCUT2D eigenvalue weighted by Gasteiger charge is 2.16. The van der Waals surface area contributed by atoms with Gasteiger partial charge >= 0.3 is 13.1 Å². The Kier molecular flexibility index (Phi) is 4.75. The molecule has 0 aliphatic rings. The fraction of sp³-hybridized carbons (Fsp3) is 0.133. The summed E-state index contributed by atoms with van der Waals surface area (Å²) in [5.74, 6) is 0.204. The average Bonchev–Trinajstić information content (AvgIpc) is 3.04. The van der Waals surface area contributed by atoms with Crippen LogP contribution in [-0.4, -0.2) is 40.2 Å². The molecule has 7 nitrogen and oxygen atoms in total. The van der Waals surface area contributed by atoms with Crippen molar-refractivity contribution < 1.29 is 19.6 Å². The molecule has 0 amide bonds. The van der Waals surface area contributed by atoms with E-state index in [4.69, 9.17) is 14.8 Å². The van der Waals surface area contributed by atoms with Gasteiger partial charge in [-0.1, -0.05) is 24.3 Å². The third-order valence-corrected chi connectivity index (χ3v) is 4.47. The molecule has 0 spiro atoms. The van der Waals surface area contributed by atoms with Gasteiger partial charge in [-0.3, -0.25) is 0 Å². The predicted molar refractivity (Wildman–Crippen MR) is 92.3 cm³/mol. The van der Waals surface area contributed by atoms with E-state index in [2.05, 4.69) is 15.3 Å². The van der Waals surface area contributed by atoms with Gasteiger partial charge in [-0.15, -0.1) is 11.3 Å². The lowest BCUT2D eigenvalue weighted by molar-refractivity contribution is 0.0603. The second-order valence-corrected chi connectivity index (χ2v) is 5.89. The fourth-order valence-corrected chi connectivity index (χ4v) is 3.18. The van der Waals surface area contributed by atoms with Gasteiger partial charge in [0.2, 0.25) is 0 Å². The summed E-state index contributed by atoms with van der Waals surface area (Å²) in [6.45, 7) is 0.499. The van der Waals surface area contributed by atoms with Gasteiger partial charge in [-0.05, 0) is 11.0 Å². The number of fused-ring (bicyclic) bond motifs is 1.